The summed E-state index contributed by atoms with van der Waals surface area (Å²) >= 11 is 0. The molecule has 33 heavy (non-hydrogen) atoms. The van der Waals surface area contributed by atoms with E-state index in [4.69, 9.17) is 11.4 Å². The SMILES string of the molecule is C#C/C(=C\C=C(/C)N1CCN(C)CC1)C1=CC2(C)N=CC=NC2=C(NC[C@@H]2CCCNC2)N1. The van der Waals surface area contributed by atoms with Crippen molar-refractivity contribution in [2.45, 2.75) is 32.2 Å². The summed E-state index contributed by atoms with van der Waals surface area (Å²) in [6.07, 6.45) is 18.2. The summed E-state index contributed by atoms with van der Waals surface area (Å²) < 4.78 is 0. The van der Waals surface area contributed by atoms with E-state index in [1.165, 1.54) is 18.5 Å². The molecule has 4 aliphatic heterocycles. The van der Waals surface area contributed by atoms with Crippen molar-refractivity contribution in [3.05, 3.63) is 46.7 Å². The smallest absolute Gasteiger partial charge is 0.128 e. The number of terminal acetylenes is 1. The van der Waals surface area contributed by atoms with Gasteiger partial charge >= 0.3 is 0 Å². The monoisotopic (exact) mass is 447 g/mol. The maximum Gasteiger partial charge on any atom is 0.128 e. The normalized spacial score (nSPS) is 28.7. The molecule has 2 atom stereocenters. The number of fused-ring (bicyclic) bond motifs is 1. The molecule has 4 rings (SSSR count). The highest BCUT2D eigenvalue weighted by atomic mass is 15.2. The third-order valence-corrected chi connectivity index (χ3v) is 6.92. The standard InChI is InChI=1S/C26H37N7/c1-5-22(9-8-20(2)33-15-13-32(4)14-16-33)23-17-26(3)24(28-11-12-30-26)25(31-23)29-19-21-7-6-10-27-18-21/h1,8-9,11-12,17,21,27,29,31H,6-7,10,13-16,18-19H2,2-4H3/b20-8+,22-9+/t21-,26?/m1/s1. The van der Waals surface area contributed by atoms with Crippen molar-refractivity contribution in [2.75, 3.05) is 52.9 Å². The van der Waals surface area contributed by atoms with Gasteiger partial charge in [0.15, 0.2) is 0 Å². The van der Waals surface area contributed by atoms with Crippen LogP contribution in [0.25, 0.3) is 0 Å². The van der Waals surface area contributed by atoms with Crippen molar-refractivity contribution in [1.29, 1.82) is 0 Å². The molecule has 0 radical (unpaired) electrons. The molecule has 0 aliphatic carbocycles. The van der Waals surface area contributed by atoms with E-state index in [1.54, 1.807) is 12.4 Å². The molecule has 4 aliphatic rings. The molecular weight excluding hydrogens is 410 g/mol. The fourth-order valence-electron chi connectivity index (χ4n) is 4.72. The average Bonchev–Trinajstić information content (AvgIpc) is 2.83. The molecule has 0 saturated carbocycles. The predicted molar refractivity (Wildman–Crippen MR) is 137 cm³/mol. The van der Waals surface area contributed by atoms with E-state index in [-0.39, 0.29) is 0 Å². The topological polar surface area (TPSA) is 67.3 Å². The maximum absolute atomic E-state index is 5.97. The van der Waals surface area contributed by atoms with Crippen LogP contribution in [0.15, 0.2) is 56.7 Å². The fraction of sp³-hybridized carbons (Fsp3) is 0.538. The number of hydrogen-bond donors (Lipinski definition) is 3. The summed E-state index contributed by atoms with van der Waals surface area (Å²) in [6, 6.07) is 0. The molecule has 4 heterocycles. The summed E-state index contributed by atoms with van der Waals surface area (Å²) in [5.41, 5.74) is 3.29. The van der Waals surface area contributed by atoms with Crippen molar-refractivity contribution in [3.8, 4) is 12.3 Å². The molecule has 7 nitrogen and oxygen atoms in total. The predicted octanol–water partition coefficient (Wildman–Crippen LogP) is 1.86. The van der Waals surface area contributed by atoms with Gasteiger partial charge in [-0.3, -0.25) is 9.98 Å². The molecule has 0 aromatic heterocycles. The number of piperidine rings is 1. The minimum absolute atomic E-state index is 0.547. The summed E-state index contributed by atoms with van der Waals surface area (Å²) in [7, 11) is 2.17. The lowest BCUT2D eigenvalue weighted by Gasteiger charge is -2.35. The van der Waals surface area contributed by atoms with Crippen LogP contribution in [0.3, 0.4) is 0 Å². The van der Waals surface area contributed by atoms with E-state index in [0.29, 0.717) is 5.92 Å². The minimum atomic E-state index is -0.547. The van der Waals surface area contributed by atoms with Crippen molar-refractivity contribution in [1.82, 2.24) is 25.8 Å². The number of aliphatic imine (C=N–C) groups is 2. The highest BCUT2D eigenvalue weighted by molar-refractivity contribution is 6.17. The third kappa shape index (κ3) is 5.58. The quantitative estimate of drug-likeness (QED) is 0.428. The lowest BCUT2D eigenvalue weighted by atomic mass is 9.91. The van der Waals surface area contributed by atoms with E-state index in [1.807, 2.05) is 6.08 Å². The van der Waals surface area contributed by atoms with E-state index in [2.05, 4.69) is 69.7 Å². The first-order chi connectivity index (χ1) is 16.0. The van der Waals surface area contributed by atoms with Crippen molar-refractivity contribution >= 4 is 12.4 Å². The second kappa shape index (κ2) is 10.4. The molecule has 176 valence electrons. The van der Waals surface area contributed by atoms with Crippen LogP contribution >= 0.6 is 0 Å². The van der Waals surface area contributed by atoms with E-state index >= 15 is 0 Å². The molecule has 7 heteroatoms. The Balaban J connectivity index is 1.53. The number of nitrogens with one attached hydrogen (secondary N) is 3. The average molecular weight is 448 g/mol. The summed E-state index contributed by atoms with van der Waals surface area (Å²) in [5, 5.41) is 10.6. The second-order valence-electron chi connectivity index (χ2n) is 9.53. The number of rotatable bonds is 6. The van der Waals surface area contributed by atoms with Gasteiger partial charge in [0.1, 0.15) is 17.1 Å². The Kier molecular flexibility index (Phi) is 7.36. The van der Waals surface area contributed by atoms with Crippen molar-refractivity contribution in [2.24, 2.45) is 15.9 Å². The lowest BCUT2D eigenvalue weighted by molar-refractivity contribution is 0.186. The van der Waals surface area contributed by atoms with Crippen LogP contribution in [0.5, 0.6) is 0 Å². The maximum atomic E-state index is 5.97. The van der Waals surface area contributed by atoms with E-state index < -0.39 is 5.54 Å². The Bertz CT molecular complexity index is 948. The summed E-state index contributed by atoms with van der Waals surface area (Å²) in [4.78, 5) is 14.2. The largest absolute Gasteiger partial charge is 0.372 e. The van der Waals surface area contributed by atoms with Crippen LogP contribution in [-0.2, 0) is 0 Å². The Hall–Kier alpha value is -2.82. The molecule has 0 amide bonds. The zero-order chi connectivity index (χ0) is 23.3. The van der Waals surface area contributed by atoms with Crippen molar-refractivity contribution in [3.63, 3.8) is 0 Å². The van der Waals surface area contributed by atoms with Gasteiger partial charge in [-0.1, -0.05) is 5.92 Å². The van der Waals surface area contributed by atoms with Gasteiger partial charge in [-0.05, 0) is 71.0 Å². The summed E-state index contributed by atoms with van der Waals surface area (Å²) in [6.45, 7) is 11.5. The van der Waals surface area contributed by atoms with Gasteiger partial charge in [-0.2, -0.15) is 0 Å². The fourth-order valence-corrected chi connectivity index (χ4v) is 4.72. The lowest BCUT2D eigenvalue weighted by Crippen LogP contribution is -2.43. The molecule has 2 saturated heterocycles. The zero-order valence-electron chi connectivity index (χ0n) is 20.2. The number of hydrogen-bond acceptors (Lipinski definition) is 7. The van der Waals surface area contributed by atoms with Crippen LogP contribution < -0.4 is 16.0 Å². The number of piperazine rings is 1. The Morgan fingerprint density at radius 2 is 2.12 bits per heavy atom. The number of allylic oxidation sites excluding steroid dienone is 4. The third-order valence-electron chi connectivity index (χ3n) is 6.92. The molecule has 3 N–H and O–H groups in total. The first-order valence-corrected chi connectivity index (χ1v) is 12.0. The zero-order valence-corrected chi connectivity index (χ0v) is 20.2. The van der Waals surface area contributed by atoms with Gasteiger partial charge in [-0.15, -0.1) is 6.42 Å². The second-order valence-corrected chi connectivity index (χ2v) is 9.53. The highest BCUT2D eigenvalue weighted by Gasteiger charge is 2.35. The van der Waals surface area contributed by atoms with E-state index in [9.17, 15) is 0 Å². The number of nitrogens with zero attached hydrogens (tertiary/aromatic N) is 4. The van der Waals surface area contributed by atoms with E-state index in [0.717, 1.165) is 68.6 Å². The van der Waals surface area contributed by atoms with Gasteiger partial charge in [0, 0.05) is 56.4 Å². The van der Waals surface area contributed by atoms with Crippen LogP contribution in [0, 0.1) is 18.3 Å². The van der Waals surface area contributed by atoms with Crippen LogP contribution in [0.1, 0.15) is 26.7 Å². The van der Waals surface area contributed by atoms with Crippen molar-refractivity contribution < 1.29 is 0 Å². The Morgan fingerprint density at radius 3 is 2.85 bits per heavy atom. The molecule has 0 aromatic rings. The molecule has 1 unspecified atom stereocenters. The van der Waals surface area contributed by atoms with Crippen LogP contribution in [0.4, 0.5) is 0 Å². The minimum Gasteiger partial charge on any atom is -0.372 e. The first-order valence-electron chi connectivity index (χ1n) is 12.0. The summed E-state index contributed by atoms with van der Waals surface area (Å²) in [5.74, 6) is 4.38. The van der Waals surface area contributed by atoms with Gasteiger partial charge in [0.2, 0.25) is 0 Å². The first kappa shape index (κ1) is 23.3. The van der Waals surface area contributed by atoms with Gasteiger partial charge in [0.25, 0.3) is 0 Å². The van der Waals surface area contributed by atoms with Crippen LogP contribution in [0.2, 0.25) is 0 Å². The number of dihydropyridines is 1. The molecule has 2 fully saturated rings. The Morgan fingerprint density at radius 1 is 1.30 bits per heavy atom. The molecule has 0 aromatic carbocycles. The van der Waals surface area contributed by atoms with Gasteiger partial charge in [-0.25, -0.2) is 0 Å². The van der Waals surface area contributed by atoms with Gasteiger partial charge < -0.3 is 25.8 Å². The molecular formula is C26H37N7. The molecule has 0 spiro atoms. The Labute approximate surface area is 198 Å². The van der Waals surface area contributed by atoms with Gasteiger partial charge in [0.05, 0.1) is 5.70 Å². The van der Waals surface area contributed by atoms with Crippen LogP contribution in [-0.4, -0.2) is 80.6 Å². The number of likely N-dealkylation sites (N-methyl/N-ethyl adjacent to an activating group) is 1. The highest BCUT2D eigenvalue weighted by Crippen LogP contribution is 2.33. The molecule has 0 bridgehead atoms.